The van der Waals surface area contributed by atoms with Crippen LogP contribution in [0.5, 0.6) is 0 Å². The first-order chi connectivity index (χ1) is 18.5. The number of anilines is 1. The minimum atomic E-state index is -0.982. The zero-order chi connectivity index (χ0) is 26.0. The highest BCUT2D eigenvalue weighted by Crippen LogP contribution is 2.47. The highest BCUT2D eigenvalue weighted by molar-refractivity contribution is 5.83. The van der Waals surface area contributed by atoms with Gasteiger partial charge in [0.1, 0.15) is 6.10 Å². The van der Waals surface area contributed by atoms with Crippen LogP contribution in [-0.2, 0) is 9.53 Å². The molecule has 38 heavy (non-hydrogen) atoms. The quantitative estimate of drug-likeness (QED) is 0.632. The van der Waals surface area contributed by atoms with Crippen molar-refractivity contribution in [2.24, 2.45) is 11.8 Å². The number of carboxylic acid groups (broad SMARTS) is 1. The molecule has 5 fully saturated rings. The van der Waals surface area contributed by atoms with E-state index in [9.17, 15) is 14.7 Å². The van der Waals surface area contributed by atoms with Crippen molar-refractivity contribution in [3.05, 3.63) is 34.6 Å². The van der Waals surface area contributed by atoms with Crippen LogP contribution in [0.2, 0.25) is 0 Å². The van der Waals surface area contributed by atoms with Crippen LogP contribution in [0.25, 0.3) is 11.0 Å². The Hall–Kier alpha value is -2.45. The van der Waals surface area contributed by atoms with Crippen molar-refractivity contribution in [3.8, 4) is 0 Å². The number of hydrogen-bond acceptors (Lipinski definition) is 6. The van der Waals surface area contributed by atoms with Gasteiger partial charge < -0.3 is 19.3 Å². The molecule has 4 heterocycles. The summed E-state index contributed by atoms with van der Waals surface area (Å²) in [6.07, 6.45) is 13.7. The highest BCUT2D eigenvalue weighted by Gasteiger charge is 2.48. The molecule has 4 bridgehead atoms. The number of ether oxygens (including phenoxy) is 1. The molecule has 0 radical (unpaired) electrons. The molecule has 8 heteroatoms. The van der Waals surface area contributed by atoms with E-state index >= 15 is 0 Å². The summed E-state index contributed by atoms with van der Waals surface area (Å²) < 4.78 is 7.35. The molecule has 3 aliphatic heterocycles. The molecule has 8 nitrogen and oxygen atoms in total. The van der Waals surface area contributed by atoms with Gasteiger partial charge in [-0.15, -0.1) is 0 Å². The molecule has 7 rings (SSSR count). The first-order valence-corrected chi connectivity index (χ1v) is 14.8. The van der Waals surface area contributed by atoms with Crippen LogP contribution in [0.15, 0.2) is 29.1 Å². The predicted octanol–water partition coefficient (Wildman–Crippen LogP) is 4.21. The van der Waals surface area contributed by atoms with Crippen LogP contribution >= 0.6 is 0 Å². The van der Waals surface area contributed by atoms with E-state index in [0.29, 0.717) is 24.7 Å². The Morgan fingerprint density at radius 3 is 2.29 bits per heavy atom. The molecule has 0 amide bonds. The average Bonchev–Trinajstić information content (AvgIpc) is 2.87. The second-order valence-electron chi connectivity index (χ2n) is 12.6. The third-order valence-corrected chi connectivity index (χ3v) is 10.6. The summed E-state index contributed by atoms with van der Waals surface area (Å²) in [6, 6.07) is 8.82. The lowest BCUT2D eigenvalue weighted by Gasteiger charge is -2.55. The van der Waals surface area contributed by atoms with E-state index in [4.69, 9.17) is 9.72 Å². The second kappa shape index (κ2) is 9.63. The van der Waals surface area contributed by atoms with E-state index in [1.54, 1.807) is 4.90 Å². The molecule has 1 aromatic carbocycles. The molecule has 2 aromatic rings. The van der Waals surface area contributed by atoms with Gasteiger partial charge in [0, 0.05) is 37.8 Å². The van der Waals surface area contributed by atoms with Crippen LogP contribution in [-0.4, -0.2) is 69.5 Å². The number of piperidine rings is 2. The Labute approximate surface area is 224 Å². The first kappa shape index (κ1) is 24.6. The number of para-hydroxylation sites is 2. The van der Waals surface area contributed by atoms with E-state index < -0.39 is 18.1 Å². The van der Waals surface area contributed by atoms with Gasteiger partial charge in [-0.25, -0.2) is 9.78 Å². The Kier molecular flexibility index (Phi) is 6.23. The normalized spacial score (nSPS) is 37.1. The smallest absolute Gasteiger partial charge is 0.329 e. The van der Waals surface area contributed by atoms with Crippen molar-refractivity contribution in [3.63, 3.8) is 0 Å². The highest BCUT2D eigenvalue weighted by atomic mass is 16.5. The summed E-state index contributed by atoms with van der Waals surface area (Å²) in [4.78, 5) is 35.4. The number of rotatable bonds is 5. The molecule has 2 aliphatic carbocycles. The fourth-order valence-corrected chi connectivity index (χ4v) is 9.01. The summed E-state index contributed by atoms with van der Waals surface area (Å²) in [6.45, 7) is 0.363. The standard InChI is InChI=1S/C30H40N4O4/c1-38-26-17-32(27(26)30(36)37)28-29(35)34(25-11-3-2-10-24(25)31-28)23-15-20-8-5-9-21(16-23)33(20)22-13-18-6-4-7-19(12-18)14-22/h2-3,10-11,18-23,26-27H,4-9,12-17H2,1H3,(H,36,37)/t18-,19+,20-,21+,22+,23+,26-,27-/m0/s1. The fraction of sp³-hybridized carbons (Fsp3) is 0.700. The number of methoxy groups -OCH3 is 1. The van der Waals surface area contributed by atoms with E-state index in [1.807, 2.05) is 28.8 Å². The number of nitrogens with zero attached hydrogens (tertiary/aromatic N) is 4. The van der Waals surface area contributed by atoms with Gasteiger partial charge in [0.15, 0.2) is 11.9 Å². The average molecular weight is 521 g/mol. The van der Waals surface area contributed by atoms with Gasteiger partial charge >= 0.3 is 5.97 Å². The summed E-state index contributed by atoms with van der Waals surface area (Å²) >= 11 is 0. The molecular weight excluding hydrogens is 480 g/mol. The molecular formula is C30H40N4O4. The van der Waals surface area contributed by atoms with Crippen LogP contribution < -0.4 is 10.5 Å². The van der Waals surface area contributed by atoms with E-state index in [-0.39, 0.29) is 17.4 Å². The van der Waals surface area contributed by atoms with Crippen molar-refractivity contribution in [2.45, 2.75) is 107 Å². The number of hydrogen-bond donors (Lipinski definition) is 1. The number of carboxylic acids is 1. The number of benzene rings is 1. The molecule has 3 saturated heterocycles. The van der Waals surface area contributed by atoms with Crippen LogP contribution in [0, 0.1) is 11.8 Å². The van der Waals surface area contributed by atoms with Crippen molar-refractivity contribution in [2.75, 3.05) is 18.6 Å². The maximum absolute atomic E-state index is 14.1. The third kappa shape index (κ3) is 3.98. The fourth-order valence-electron chi connectivity index (χ4n) is 9.01. The first-order valence-electron chi connectivity index (χ1n) is 14.8. The van der Waals surface area contributed by atoms with Crippen molar-refractivity contribution >= 4 is 22.8 Å². The van der Waals surface area contributed by atoms with Gasteiger partial charge in [0.25, 0.3) is 5.56 Å². The summed E-state index contributed by atoms with van der Waals surface area (Å²) in [5, 5.41) is 9.85. The number of fused-ring (bicyclic) bond motifs is 5. The zero-order valence-corrected chi connectivity index (χ0v) is 22.4. The molecule has 0 spiro atoms. The van der Waals surface area contributed by atoms with Crippen molar-refractivity contribution in [1.29, 1.82) is 0 Å². The lowest BCUT2D eigenvalue weighted by Crippen LogP contribution is -2.66. The lowest BCUT2D eigenvalue weighted by atomic mass is 9.68. The van der Waals surface area contributed by atoms with Crippen molar-refractivity contribution < 1.29 is 14.6 Å². The third-order valence-electron chi connectivity index (χ3n) is 10.6. The Morgan fingerprint density at radius 2 is 1.61 bits per heavy atom. The molecule has 8 atom stereocenters. The Balaban J connectivity index is 1.23. The van der Waals surface area contributed by atoms with Gasteiger partial charge in [-0.05, 0) is 68.9 Å². The van der Waals surface area contributed by atoms with Gasteiger partial charge in [0.05, 0.1) is 11.0 Å². The van der Waals surface area contributed by atoms with Crippen LogP contribution in [0.3, 0.4) is 0 Å². The van der Waals surface area contributed by atoms with E-state index in [1.165, 1.54) is 64.9 Å². The minimum Gasteiger partial charge on any atom is -0.480 e. The van der Waals surface area contributed by atoms with Crippen LogP contribution in [0.1, 0.15) is 76.7 Å². The number of aliphatic carboxylic acids is 1. The van der Waals surface area contributed by atoms with Gasteiger partial charge in [-0.3, -0.25) is 9.69 Å². The maximum atomic E-state index is 14.1. The van der Waals surface area contributed by atoms with E-state index in [2.05, 4.69) is 4.90 Å². The zero-order valence-electron chi connectivity index (χ0n) is 22.4. The largest absolute Gasteiger partial charge is 0.480 e. The number of aromatic nitrogens is 2. The summed E-state index contributed by atoms with van der Waals surface area (Å²) in [5.74, 6) is 1.09. The van der Waals surface area contributed by atoms with Gasteiger partial charge in [-0.1, -0.05) is 37.8 Å². The number of carbonyl (C=O) groups is 1. The molecule has 0 unspecified atom stereocenters. The molecule has 5 aliphatic rings. The monoisotopic (exact) mass is 520 g/mol. The molecule has 1 aromatic heterocycles. The molecule has 2 saturated carbocycles. The Morgan fingerprint density at radius 1 is 0.921 bits per heavy atom. The van der Waals surface area contributed by atoms with Crippen molar-refractivity contribution in [1.82, 2.24) is 14.5 Å². The van der Waals surface area contributed by atoms with E-state index in [0.717, 1.165) is 35.7 Å². The topological polar surface area (TPSA) is 87.9 Å². The van der Waals surface area contributed by atoms with Gasteiger partial charge in [0.2, 0.25) is 0 Å². The SMILES string of the molecule is CO[C@H]1CN(c2nc3ccccc3n([C@H]3C[C@H]4CCC[C@@H](C3)N4[C@H]3C[C@@H]4CCC[C@@H](C4)C3)c2=O)[C@@H]1C(=O)O. The van der Waals surface area contributed by atoms with Gasteiger partial charge in [-0.2, -0.15) is 0 Å². The second-order valence-corrected chi connectivity index (χ2v) is 12.6. The molecule has 1 N–H and O–H groups in total. The predicted molar refractivity (Wildman–Crippen MR) is 146 cm³/mol. The van der Waals surface area contributed by atoms with Crippen LogP contribution in [0.4, 0.5) is 5.82 Å². The maximum Gasteiger partial charge on any atom is 0.329 e. The molecule has 204 valence electrons. The minimum absolute atomic E-state index is 0.103. The lowest BCUT2D eigenvalue weighted by molar-refractivity contribution is -0.145. The Bertz CT molecular complexity index is 1250. The summed E-state index contributed by atoms with van der Waals surface area (Å²) in [7, 11) is 1.52. The summed E-state index contributed by atoms with van der Waals surface area (Å²) in [5.41, 5.74) is 1.45.